The molecule has 2 N–H and O–H groups in total. The number of rotatable bonds is 4. The van der Waals surface area contributed by atoms with E-state index >= 15 is 0 Å². The standard InChI is InChI=1S/C24H21N3O3/c1-24(2)10-9-19(17-12-25-14-26-13-17)20-11-16(5-8-21(20)24)22(28)27-18-6-3-15(4-7-18)23(29)30/h3-9,11-14H,10H2,1-2H3,(H,27,28)(H,29,30). The van der Waals surface area contributed by atoms with Crippen LogP contribution in [0.25, 0.3) is 5.57 Å². The van der Waals surface area contributed by atoms with Crippen molar-refractivity contribution in [1.29, 1.82) is 0 Å². The fourth-order valence-electron chi connectivity index (χ4n) is 3.69. The summed E-state index contributed by atoms with van der Waals surface area (Å²) in [6, 6.07) is 11.8. The molecule has 0 saturated heterocycles. The fourth-order valence-corrected chi connectivity index (χ4v) is 3.69. The molecular weight excluding hydrogens is 378 g/mol. The molecule has 0 bridgehead atoms. The molecule has 6 heteroatoms. The molecular formula is C24H21N3O3. The summed E-state index contributed by atoms with van der Waals surface area (Å²) < 4.78 is 0. The lowest BCUT2D eigenvalue weighted by Crippen LogP contribution is -2.23. The Morgan fingerprint density at radius 2 is 1.67 bits per heavy atom. The maximum atomic E-state index is 12.9. The number of carboxylic acids is 1. The summed E-state index contributed by atoms with van der Waals surface area (Å²) in [6.45, 7) is 4.37. The fraction of sp³-hybridized carbons (Fsp3) is 0.167. The van der Waals surface area contributed by atoms with Crippen LogP contribution in [0, 0.1) is 0 Å². The van der Waals surface area contributed by atoms with Crippen LogP contribution >= 0.6 is 0 Å². The summed E-state index contributed by atoms with van der Waals surface area (Å²) in [5, 5.41) is 11.8. The molecule has 4 rings (SSSR count). The van der Waals surface area contributed by atoms with Gasteiger partial charge in [0.1, 0.15) is 6.33 Å². The first-order chi connectivity index (χ1) is 14.3. The van der Waals surface area contributed by atoms with Crippen LogP contribution in [0.3, 0.4) is 0 Å². The minimum Gasteiger partial charge on any atom is -0.478 e. The number of benzene rings is 2. The molecule has 150 valence electrons. The second-order valence-corrected chi connectivity index (χ2v) is 7.93. The molecule has 1 amide bonds. The number of fused-ring (bicyclic) bond motifs is 1. The van der Waals surface area contributed by atoms with Gasteiger partial charge in [0.15, 0.2) is 0 Å². The molecule has 0 atom stereocenters. The van der Waals surface area contributed by atoms with Gasteiger partial charge in [-0.2, -0.15) is 0 Å². The van der Waals surface area contributed by atoms with Gasteiger partial charge < -0.3 is 10.4 Å². The second kappa shape index (κ2) is 7.55. The number of hydrogen-bond donors (Lipinski definition) is 2. The van der Waals surface area contributed by atoms with Crippen molar-refractivity contribution in [3.8, 4) is 0 Å². The number of nitrogens with one attached hydrogen (secondary N) is 1. The highest BCUT2D eigenvalue weighted by Gasteiger charge is 2.29. The van der Waals surface area contributed by atoms with Crippen LogP contribution in [0.5, 0.6) is 0 Å². The minimum atomic E-state index is -1.01. The third kappa shape index (κ3) is 3.72. The number of aromatic nitrogens is 2. The lowest BCUT2D eigenvalue weighted by molar-refractivity contribution is 0.0696. The Balaban J connectivity index is 1.67. The van der Waals surface area contributed by atoms with Gasteiger partial charge in [-0.3, -0.25) is 4.79 Å². The van der Waals surface area contributed by atoms with Crippen molar-refractivity contribution in [1.82, 2.24) is 9.97 Å². The third-order valence-electron chi connectivity index (χ3n) is 5.38. The molecule has 6 nitrogen and oxygen atoms in total. The molecule has 1 aromatic heterocycles. The zero-order valence-corrected chi connectivity index (χ0v) is 16.7. The Morgan fingerprint density at radius 3 is 2.33 bits per heavy atom. The Bertz CT molecular complexity index is 1150. The molecule has 0 unspecified atom stereocenters. The van der Waals surface area contributed by atoms with Gasteiger partial charge in [0.2, 0.25) is 0 Å². The highest BCUT2D eigenvalue weighted by molar-refractivity contribution is 6.05. The van der Waals surface area contributed by atoms with Crippen molar-refractivity contribution >= 4 is 23.1 Å². The van der Waals surface area contributed by atoms with Gasteiger partial charge in [-0.1, -0.05) is 26.0 Å². The maximum absolute atomic E-state index is 12.9. The first-order valence-electron chi connectivity index (χ1n) is 9.60. The summed E-state index contributed by atoms with van der Waals surface area (Å²) >= 11 is 0. The van der Waals surface area contributed by atoms with E-state index in [1.165, 1.54) is 24.0 Å². The lowest BCUT2D eigenvalue weighted by Gasteiger charge is -2.32. The number of anilines is 1. The molecule has 2 aromatic carbocycles. The number of carbonyl (C=O) groups excluding carboxylic acids is 1. The minimum absolute atomic E-state index is 0.0455. The maximum Gasteiger partial charge on any atom is 0.335 e. The summed E-state index contributed by atoms with van der Waals surface area (Å²) in [7, 11) is 0. The average Bonchev–Trinajstić information content (AvgIpc) is 2.74. The first kappa shape index (κ1) is 19.5. The van der Waals surface area contributed by atoms with Crippen LogP contribution in [0.1, 0.15) is 57.7 Å². The number of carbonyl (C=O) groups is 2. The predicted molar refractivity (Wildman–Crippen MR) is 115 cm³/mol. The quantitative estimate of drug-likeness (QED) is 0.672. The van der Waals surface area contributed by atoms with E-state index in [-0.39, 0.29) is 16.9 Å². The van der Waals surface area contributed by atoms with Crippen molar-refractivity contribution in [2.75, 3.05) is 5.32 Å². The Kier molecular flexibility index (Phi) is 4.91. The molecule has 0 fully saturated rings. The summed E-state index contributed by atoms with van der Waals surface area (Å²) in [4.78, 5) is 32.1. The molecule has 0 spiro atoms. The van der Waals surface area contributed by atoms with E-state index in [9.17, 15) is 9.59 Å². The Hall–Kier alpha value is -3.80. The van der Waals surface area contributed by atoms with Gasteiger partial charge in [-0.05, 0) is 64.9 Å². The smallest absolute Gasteiger partial charge is 0.335 e. The SMILES string of the molecule is CC1(C)CC=C(c2cncnc2)c2cc(C(=O)Nc3ccc(C(=O)O)cc3)ccc21. The van der Waals surface area contributed by atoms with Crippen LogP contribution < -0.4 is 5.32 Å². The van der Waals surface area contributed by atoms with Crippen LogP contribution in [-0.4, -0.2) is 27.0 Å². The monoisotopic (exact) mass is 399 g/mol. The van der Waals surface area contributed by atoms with Gasteiger partial charge in [0, 0.05) is 29.2 Å². The Labute approximate surface area is 174 Å². The summed E-state index contributed by atoms with van der Waals surface area (Å²) in [5.74, 6) is -1.26. The van der Waals surface area contributed by atoms with Crippen LogP contribution in [0.15, 0.2) is 67.3 Å². The number of carboxylic acid groups (broad SMARTS) is 1. The van der Waals surface area contributed by atoms with Crippen LogP contribution in [0.4, 0.5) is 5.69 Å². The molecule has 1 aliphatic rings. The highest BCUT2D eigenvalue weighted by Crippen LogP contribution is 2.41. The van der Waals surface area contributed by atoms with E-state index in [1.807, 2.05) is 18.2 Å². The highest BCUT2D eigenvalue weighted by atomic mass is 16.4. The van der Waals surface area contributed by atoms with E-state index in [2.05, 4.69) is 35.2 Å². The number of hydrogen-bond acceptors (Lipinski definition) is 4. The van der Waals surface area contributed by atoms with Gasteiger partial charge in [0.25, 0.3) is 5.91 Å². The molecule has 3 aromatic rings. The molecule has 0 saturated carbocycles. The normalized spacial score (nSPS) is 14.4. The van der Waals surface area contributed by atoms with Crippen LogP contribution in [0.2, 0.25) is 0 Å². The van der Waals surface area contributed by atoms with Gasteiger partial charge in [0.05, 0.1) is 5.56 Å². The van der Waals surface area contributed by atoms with Crippen molar-refractivity contribution in [2.45, 2.75) is 25.7 Å². The molecule has 30 heavy (non-hydrogen) atoms. The number of amides is 1. The van der Waals surface area contributed by atoms with Crippen molar-refractivity contribution in [2.24, 2.45) is 0 Å². The summed E-state index contributed by atoms with van der Waals surface area (Å²) in [5.41, 5.74) is 5.29. The molecule has 1 aliphatic carbocycles. The zero-order chi connectivity index (χ0) is 21.3. The van der Waals surface area contributed by atoms with E-state index in [0.717, 1.165) is 23.1 Å². The topological polar surface area (TPSA) is 92.2 Å². The molecule has 1 heterocycles. The molecule has 0 radical (unpaired) electrons. The largest absolute Gasteiger partial charge is 0.478 e. The van der Waals surface area contributed by atoms with Crippen molar-refractivity contribution in [3.05, 3.63) is 95.1 Å². The van der Waals surface area contributed by atoms with E-state index in [4.69, 9.17) is 5.11 Å². The lowest BCUT2D eigenvalue weighted by atomic mass is 9.72. The number of aromatic carboxylic acids is 1. The van der Waals surface area contributed by atoms with Gasteiger partial charge in [-0.15, -0.1) is 0 Å². The van der Waals surface area contributed by atoms with E-state index in [1.54, 1.807) is 24.5 Å². The van der Waals surface area contributed by atoms with Crippen molar-refractivity contribution in [3.63, 3.8) is 0 Å². The number of nitrogens with zero attached hydrogens (tertiary/aromatic N) is 2. The average molecular weight is 399 g/mol. The third-order valence-corrected chi connectivity index (χ3v) is 5.38. The van der Waals surface area contributed by atoms with Gasteiger partial charge in [-0.25, -0.2) is 14.8 Å². The van der Waals surface area contributed by atoms with E-state index < -0.39 is 5.97 Å². The summed E-state index contributed by atoms with van der Waals surface area (Å²) in [6.07, 6.45) is 8.10. The van der Waals surface area contributed by atoms with Crippen LogP contribution in [-0.2, 0) is 5.41 Å². The first-order valence-corrected chi connectivity index (χ1v) is 9.60. The van der Waals surface area contributed by atoms with E-state index in [0.29, 0.717) is 11.3 Å². The Morgan fingerprint density at radius 1 is 1.00 bits per heavy atom. The zero-order valence-electron chi connectivity index (χ0n) is 16.7. The number of allylic oxidation sites excluding steroid dienone is 1. The molecule has 0 aliphatic heterocycles. The second-order valence-electron chi connectivity index (χ2n) is 7.93. The van der Waals surface area contributed by atoms with Gasteiger partial charge >= 0.3 is 5.97 Å². The predicted octanol–water partition coefficient (Wildman–Crippen LogP) is 4.54. The van der Waals surface area contributed by atoms with Crippen molar-refractivity contribution < 1.29 is 14.7 Å².